The number of hydrogen-bond donors (Lipinski definition) is 10. The summed E-state index contributed by atoms with van der Waals surface area (Å²) in [7, 11) is 0. The molecule has 2 saturated heterocycles. The fourth-order valence-electron chi connectivity index (χ4n) is 10.0. The lowest BCUT2D eigenvalue weighted by Gasteiger charge is -2.33. The van der Waals surface area contributed by atoms with Crippen LogP contribution in [0.25, 0.3) is 0 Å². The number of nitrogens with one attached hydrogen (secondary N) is 7. The third-order valence-electron chi connectivity index (χ3n) is 14.6. The molecule has 0 saturated carbocycles. The number of aliphatic carboxylic acids is 1. The maximum Gasteiger partial charge on any atom is 0.266 e. The highest BCUT2D eigenvalue weighted by atomic mass is 32.2. The molecule has 86 heavy (non-hydrogen) atoms. The van der Waals surface area contributed by atoms with Crippen LogP contribution < -0.4 is 58.5 Å². The number of benzene rings is 1. The van der Waals surface area contributed by atoms with E-state index in [0.29, 0.717) is 43.6 Å². The first kappa shape index (κ1) is 69.9. The third-order valence-corrected chi connectivity index (χ3v) is 17.4. The number of carboxylic acid groups (broad SMARTS) is 1. The quantitative estimate of drug-likeness (QED) is 0.107. The average molecular weight is 1260 g/mol. The Labute approximate surface area is 511 Å². The number of nitrogens with two attached hydrogens (primary N) is 2. The van der Waals surface area contributed by atoms with Gasteiger partial charge in [0.2, 0.25) is 59.1 Å². The topological polar surface area (TPSA) is 422 Å². The Morgan fingerprint density at radius 1 is 0.686 bits per heavy atom. The van der Waals surface area contributed by atoms with Crippen molar-refractivity contribution < 1.29 is 77.3 Å². The molecule has 0 aliphatic carbocycles. The van der Waals surface area contributed by atoms with Gasteiger partial charge in [0.05, 0.1) is 12.7 Å². The first-order valence-corrected chi connectivity index (χ1v) is 32.4. The van der Waals surface area contributed by atoms with E-state index in [1.54, 1.807) is 20.1 Å². The van der Waals surface area contributed by atoms with Crippen molar-refractivity contribution in [1.82, 2.24) is 47.0 Å². The van der Waals surface area contributed by atoms with Crippen LogP contribution in [0.4, 0.5) is 0 Å². The van der Waals surface area contributed by atoms with E-state index >= 15 is 0 Å². The summed E-state index contributed by atoms with van der Waals surface area (Å²) < 4.78 is 6.23. The van der Waals surface area contributed by atoms with E-state index in [-0.39, 0.29) is 80.6 Å². The van der Waals surface area contributed by atoms with Crippen molar-refractivity contribution in [2.45, 2.75) is 170 Å². The summed E-state index contributed by atoms with van der Waals surface area (Å²) in [6.45, 7) is 4.97. The smallest absolute Gasteiger partial charge is 0.266 e. The SMILES string of the molecule is CSCC[C@@H]1NC(=O)[C@@H]2CCCN2C(=O)[C@@H]2CSCc3cc(cc(c3)OCCCCCCO/N=C/C(=O)N[C@@H](CCC(N)=O)C(=O)N2)CSC[C@@H](C(N)=O)NC(=O)[C@H]([C@@H](C)O)NC(=O)[C@@H]2CCCN2C(=O)[C@H](C(C)C)NC(=O)[C@H](CC(=O)[O-])NC1=O. The summed E-state index contributed by atoms with van der Waals surface area (Å²) in [5.41, 5.74) is 12.7. The molecule has 4 aliphatic heterocycles. The Kier molecular flexibility index (Phi) is 28.5. The predicted molar refractivity (Wildman–Crippen MR) is 317 cm³/mol. The van der Waals surface area contributed by atoms with Gasteiger partial charge in [-0.3, -0.25) is 52.7 Å². The van der Waals surface area contributed by atoms with Crippen LogP contribution in [0, 0.1) is 5.92 Å². The van der Waals surface area contributed by atoms with Crippen LogP contribution in [0.3, 0.4) is 0 Å². The first-order chi connectivity index (χ1) is 41.0. The van der Waals surface area contributed by atoms with E-state index in [0.717, 1.165) is 24.6 Å². The van der Waals surface area contributed by atoms with Gasteiger partial charge < -0.3 is 83.1 Å². The molecule has 11 amide bonds. The maximum atomic E-state index is 15.0. The molecular weight excluding hydrogens is 1180 g/mol. The number of fused-ring (bicyclic) bond motifs is 7. The van der Waals surface area contributed by atoms with Gasteiger partial charge in [-0.05, 0) is 112 Å². The fraction of sp³-hybridized carbons (Fsp3) is 0.655. The number of oxime groups is 1. The largest absolute Gasteiger partial charge is 0.550 e. The van der Waals surface area contributed by atoms with Gasteiger partial charge in [0, 0.05) is 54.9 Å². The van der Waals surface area contributed by atoms with Gasteiger partial charge in [0.15, 0.2) is 0 Å². The molecule has 0 radical (unpaired) electrons. The first-order valence-electron chi connectivity index (χ1n) is 28.7. The van der Waals surface area contributed by atoms with Gasteiger partial charge in [-0.15, -0.1) is 0 Å². The lowest BCUT2D eigenvalue weighted by atomic mass is 10.0. The Morgan fingerprint density at radius 3 is 1.86 bits per heavy atom. The molecule has 31 heteroatoms. The van der Waals surface area contributed by atoms with E-state index < -0.39 is 144 Å². The molecule has 1 aromatic rings. The predicted octanol–water partition coefficient (Wildman–Crippen LogP) is -2.82. The van der Waals surface area contributed by atoms with Gasteiger partial charge in [-0.25, -0.2) is 0 Å². The minimum atomic E-state index is -1.87. The van der Waals surface area contributed by atoms with Gasteiger partial charge >= 0.3 is 0 Å². The molecule has 2 fully saturated rings. The normalized spacial score (nSPS) is 27.2. The highest BCUT2D eigenvalue weighted by Crippen LogP contribution is 2.27. The second-order valence-electron chi connectivity index (χ2n) is 21.8. The van der Waals surface area contributed by atoms with Gasteiger partial charge in [-0.2, -0.15) is 35.3 Å². The Morgan fingerprint density at radius 2 is 1.26 bits per heavy atom. The summed E-state index contributed by atoms with van der Waals surface area (Å²) >= 11 is 3.77. The highest BCUT2D eigenvalue weighted by Gasteiger charge is 2.43. The summed E-state index contributed by atoms with van der Waals surface area (Å²) in [6.07, 6.45) is 2.95. The number of carbonyl (C=O) groups is 12. The van der Waals surface area contributed by atoms with E-state index in [1.165, 1.54) is 52.0 Å². The molecule has 4 bridgehead atoms. The lowest BCUT2D eigenvalue weighted by Crippen LogP contribution is -2.62. The molecule has 0 unspecified atom stereocenters. The van der Waals surface area contributed by atoms with E-state index in [2.05, 4.69) is 42.4 Å². The number of rotatable bonds is 11. The molecule has 28 nitrogen and oxygen atoms in total. The monoisotopic (exact) mass is 1260 g/mol. The molecule has 476 valence electrons. The molecule has 0 aromatic heterocycles. The van der Waals surface area contributed by atoms with E-state index in [4.69, 9.17) is 21.0 Å². The summed E-state index contributed by atoms with van der Waals surface area (Å²) in [5, 5.41) is 44.6. The summed E-state index contributed by atoms with van der Waals surface area (Å²) in [5.74, 6) is -10.9. The number of primary amides is 2. The van der Waals surface area contributed by atoms with Crippen LogP contribution in [0.1, 0.15) is 109 Å². The number of aliphatic hydroxyl groups is 1. The average Bonchev–Trinajstić information content (AvgIpc) is 3.84. The van der Waals surface area contributed by atoms with Crippen LogP contribution >= 0.6 is 35.3 Å². The van der Waals surface area contributed by atoms with Gasteiger partial charge in [0.1, 0.15) is 72.9 Å². The minimum Gasteiger partial charge on any atom is -0.550 e. The Hall–Kier alpha value is -6.86. The number of ether oxygens (including phenoxy) is 1. The van der Waals surface area contributed by atoms with Gasteiger partial charge in [0.25, 0.3) is 5.91 Å². The molecular formula is C55H81N12O16S3-. The Bertz CT molecular complexity index is 2630. The van der Waals surface area contributed by atoms with Crippen LogP contribution in [-0.2, 0) is 73.9 Å². The number of amides is 11. The zero-order valence-electron chi connectivity index (χ0n) is 48.8. The summed E-state index contributed by atoms with van der Waals surface area (Å²) in [4.78, 5) is 172. The number of hydrogen-bond acceptors (Lipinski definition) is 20. The van der Waals surface area contributed by atoms with E-state index in [1.807, 2.05) is 18.2 Å². The van der Waals surface area contributed by atoms with Crippen molar-refractivity contribution in [1.29, 1.82) is 0 Å². The van der Waals surface area contributed by atoms with Crippen molar-refractivity contribution in [2.24, 2.45) is 22.5 Å². The Balaban J connectivity index is 1.57. The second kappa shape index (κ2) is 35.1. The lowest BCUT2D eigenvalue weighted by molar-refractivity contribution is -0.306. The zero-order valence-corrected chi connectivity index (χ0v) is 51.3. The standard InChI is InChI=1S/C55H82N12O16S3/c1-30(2)45-55(81)67-17-10-12-41(67)52(78)65-46(31(3)68)53(79)62-38(47(57)73)28-85-26-32-21-33-23-34(22-32)82-18-7-5-6-8-19-83-58-25-43(70)59-35(13-14-42(56)69)48(74)63-39(29-86-27-33)54(80)66-16-9-11-40(66)51(77)60-36(15-20-84-4)49(75)61-37(24-44(71)72)50(76)64-45/h21-23,25,30-31,35-41,45-46,68H,5-20,24,26-29H2,1-4H3,(H2,56,69)(H2,57,73)(H,59,70)(H,60,77)(H,61,75)(H,62,79)(H,63,74)(H,64,76)(H,65,78)(H,71,72)/p-1/b58-25+/t31-,35+,36+,37+,38+,39+,40+,41+,45+,46+/m1/s1. The molecule has 0 spiro atoms. The second-order valence-corrected chi connectivity index (χ2v) is 24.8. The van der Waals surface area contributed by atoms with Crippen molar-refractivity contribution in [2.75, 3.05) is 49.8 Å². The fourth-order valence-corrected chi connectivity index (χ4v) is 12.5. The van der Waals surface area contributed by atoms with Crippen LogP contribution in [0.2, 0.25) is 0 Å². The molecule has 1 aromatic carbocycles. The van der Waals surface area contributed by atoms with Crippen molar-refractivity contribution in [3.05, 3.63) is 29.3 Å². The maximum absolute atomic E-state index is 15.0. The zero-order chi connectivity index (χ0) is 63.0. The third kappa shape index (κ3) is 21.8. The number of carbonyl (C=O) groups excluding carboxylic acids is 12. The number of carboxylic acids is 1. The van der Waals surface area contributed by atoms with Crippen molar-refractivity contribution in [3.8, 4) is 5.75 Å². The number of thioether (sulfide) groups is 3. The number of aliphatic hydroxyl groups excluding tert-OH is 1. The van der Waals surface area contributed by atoms with Crippen LogP contribution in [0.15, 0.2) is 23.4 Å². The summed E-state index contributed by atoms with van der Waals surface area (Å²) in [6, 6.07) is -7.34. The van der Waals surface area contributed by atoms with Gasteiger partial charge in [-0.1, -0.05) is 25.1 Å². The molecule has 5 rings (SSSR count). The van der Waals surface area contributed by atoms with Crippen molar-refractivity contribution in [3.63, 3.8) is 0 Å². The van der Waals surface area contributed by atoms with Crippen LogP contribution in [0.5, 0.6) is 5.75 Å². The molecule has 4 aliphatic rings. The van der Waals surface area contributed by atoms with Crippen molar-refractivity contribution >= 4 is 112 Å². The molecule has 12 N–H and O–H groups in total. The molecule has 4 heterocycles. The van der Waals surface area contributed by atoms with Crippen LogP contribution in [-0.4, -0.2) is 202 Å². The highest BCUT2D eigenvalue weighted by molar-refractivity contribution is 7.99. The molecule has 10 atom stereocenters. The minimum absolute atomic E-state index is 0.0258. The number of nitrogens with zero attached hydrogens (tertiary/aromatic N) is 3. The van der Waals surface area contributed by atoms with E-state index in [9.17, 15) is 67.7 Å².